The number of fused-ring (bicyclic) bond motifs is 4. The summed E-state index contributed by atoms with van der Waals surface area (Å²) < 4.78 is 32.8. The van der Waals surface area contributed by atoms with E-state index in [-0.39, 0.29) is 56.8 Å². The normalized spacial score (nSPS) is 16.3. The van der Waals surface area contributed by atoms with E-state index in [1.54, 1.807) is 31.7 Å². The Morgan fingerprint density at radius 2 is 1.83 bits per heavy atom. The largest absolute Gasteiger partial charge is 0.444 e. The minimum Gasteiger partial charge on any atom is -0.444 e. The number of nitrogens with zero attached hydrogens (tertiary/aromatic N) is 5. The minimum absolute atomic E-state index is 0.0638. The zero-order chi connectivity index (χ0) is 37.7. The van der Waals surface area contributed by atoms with Crippen LogP contribution in [0.5, 0.6) is 0 Å². The average molecular weight is 753 g/mol. The van der Waals surface area contributed by atoms with Crippen LogP contribution in [0.4, 0.5) is 24.8 Å². The number of aliphatic hydroxyl groups is 1. The second kappa shape index (κ2) is 14.3. The Morgan fingerprint density at radius 3 is 2.48 bits per heavy atom. The lowest BCUT2D eigenvalue weighted by molar-refractivity contribution is 0.0211. The Hall–Kier alpha value is -4.29. The summed E-state index contributed by atoms with van der Waals surface area (Å²) in [6.07, 6.45) is 0.452. The van der Waals surface area contributed by atoms with Gasteiger partial charge in [0.1, 0.15) is 40.5 Å². The quantitative estimate of drug-likeness (QED) is 0.197. The second-order valence-corrected chi connectivity index (χ2v) is 16.3. The topological polar surface area (TPSA) is 150 Å². The first-order chi connectivity index (χ1) is 24.5. The standard InChI is InChI=1S/C37H42ClFN6O6S/c1-8-9-19-15-44(35(48)51-37(5,6)7)12-13-45(19)32-28-23-18-49-17-22(23)26(29(38)30(28)41-25(16-46)42-32)20-10-11-24(39)31-27(20)21(14-40)33(52-31)43-34(47)50-36(2,3)4/h10-11,19,46H,8-9,12-13,15-18H2,1-7H3,(H,43,47). The Morgan fingerprint density at radius 1 is 1.12 bits per heavy atom. The molecule has 1 fully saturated rings. The third-order valence-electron chi connectivity index (χ3n) is 8.78. The summed E-state index contributed by atoms with van der Waals surface area (Å²) in [5, 5.41) is 24.7. The van der Waals surface area contributed by atoms with Gasteiger partial charge in [0.15, 0.2) is 5.82 Å². The van der Waals surface area contributed by atoms with E-state index >= 15 is 4.39 Å². The Balaban J connectivity index is 1.53. The maximum absolute atomic E-state index is 15.5. The van der Waals surface area contributed by atoms with Crippen LogP contribution < -0.4 is 10.2 Å². The van der Waals surface area contributed by atoms with Crippen molar-refractivity contribution in [3.8, 4) is 17.2 Å². The lowest BCUT2D eigenvalue weighted by atomic mass is 9.90. The molecule has 276 valence electrons. The third-order valence-corrected chi connectivity index (χ3v) is 10.3. The predicted molar refractivity (Wildman–Crippen MR) is 198 cm³/mol. The van der Waals surface area contributed by atoms with Gasteiger partial charge in [0, 0.05) is 36.6 Å². The molecule has 4 heterocycles. The number of anilines is 2. The molecule has 0 saturated carbocycles. The van der Waals surface area contributed by atoms with E-state index in [9.17, 15) is 20.0 Å². The number of aliphatic hydroxyl groups excluding tert-OH is 1. The van der Waals surface area contributed by atoms with Crippen LogP contribution in [0.3, 0.4) is 0 Å². The van der Waals surface area contributed by atoms with Crippen molar-refractivity contribution in [1.82, 2.24) is 14.9 Å². The number of aromatic nitrogens is 2. The molecule has 1 atom stereocenters. The number of nitrogens with one attached hydrogen (secondary N) is 1. The number of piperazine rings is 1. The molecule has 0 spiro atoms. The molecule has 0 radical (unpaired) electrons. The highest BCUT2D eigenvalue weighted by Gasteiger charge is 2.36. The lowest BCUT2D eigenvalue weighted by Crippen LogP contribution is -2.56. The van der Waals surface area contributed by atoms with Gasteiger partial charge in [-0.25, -0.2) is 23.9 Å². The molecular formula is C37H42ClFN6O6S. The van der Waals surface area contributed by atoms with Crippen LogP contribution in [-0.2, 0) is 34.0 Å². The maximum Gasteiger partial charge on any atom is 0.412 e. The first-order valence-electron chi connectivity index (χ1n) is 17.2. The molecule has 2 aliphatic heterocycles. The number of carbonyl (C=O) groups excluding carboxylic acids is 2. The van der Waals surface area contributed by atoms with Crippen molar-refractivity contribution < 1.29 is 33.3 Å². The third kappa shape index (κ3) is 7.19. The SMILES string of the molecule is CCCC1CN(C(=O)OC(C)(C)C)CCN1c1nc(CO)nc2c(Cl)c(-c3ccc(F)c4sc(NC(=O)OC(C)(C)C)c(C#N)c34)c3c(c12)COC3. The smallest absolute Gasteiger partial charge is 0.412 e. The molecule has 52 heavy (non-hydrogen) atoms. The molecule has 2 aromatic heterocycles. The second-order valence-electron chi connectivity index (χ2n) is 14.9. The van der Waals surface area contributed by atoms with Crippen molar-refractivity contribution in [3.63, 3.8) is 0 Å². The van der Waals surface area contributed by atoms with Crippen LogP contribution in [0.1, 0.15) is 83.8 Å². The number of nitriles is 1. The molecule has 2 aromatic carbocycles. The summed E-state index contributed by atoms with van der Waals surface area (Å²) in [4.78, 5) is 39.2. The molecule has 12 nitrogen and oxygen atoms in total. The molecule has 2 N–H and O–H groups in total. The summed E-state index contributed by atoms with van der Waals surface area (Å²) in [7, 11) is 0. The fourth-order valence-electron chi connectivity index (χ4n) is 6.79. The predicted octanol–water partition coefficient (Wildman–Crippen LogP) is 8.27. The van der Waals surface area contributed by atoms with Crippen LogP contribution in [0, 0.1) is 17.1 Å². The number of hydrogen-bond donors (Lipinski definition) is 2. The molecule has 1 saturated heterocycles. The zero-order valence-electron chi connectivity index (χ0n) is 30.3. The van der Waals surface area contributed by atoms with Crippen molar-refractivity contribution in [2.24, 2.45) is 0 Å². The molecule has 1 unspecified atom stereocenters. The number of carbonyl (C=O) groups is 2. The Kier molecular flexibility index (Phi) is 10.3. The summed E-state index contributed by atoms with van der Waals surface area (Å²) in [6.45, 7) is 13.9. The number of halogens is 2. The van der Waals surface area contributed by atoms with Gasteiger partial charge in [0.25, 0.3) is 0 Å². The van der Waals surface area contributed by atoms with Gasteiger partial charge in [-0.2, -0.15) is 5.26 Å². The first-order valence-corrected chi connectivity index (χ1v) is 18.4. The Bertz CT molecular complexity index is 2120. The fourth-order valence-corrected chi connectivity index (χ4v) is 8.21. The number of benzene rings is 2. The maximum atomic E-state index is 15.5. The van der Waals surface area contributed by atoms with Gasteiger partial charge in [0.2, 0.25) is 0 Å². The van der Waals surface area contributed by atoms with Crippen molar-refractivity contribution in [1.29, 1.82) is 5.26 Å². The van der Waals surface area contributed by atoms with Gasteiger partial charge in [-0.05, 0) is 70.7 Å². The van der Waals surface area contributed by atoms with Crippen LogP contribution in [0.15, 0.2) is 12.1 Å². The molecule has 4 aromatic rings. The van der Waals surface area contributed by atoms with Gasteiger partial charge < -0.3 is 29.1 Å². The highest BCUT2D eigenvalue weighted by Crippen LogP contribution is 2.50. The molecule has 15 heteroatoms. The summed E-state index contributed by atoms with van der Waals surface area (Å²) in [5.41, 5.74) is 1.52. The molecule has 2 aliphatic rings. The summed E-state index contributed by atoms with van der Waals surface area (Å²) in [5.74, 6) is 0.162. The average Bonchev–Trinajstić information content (AvgIpc) is 3.69. The highest BCUT2D eigenvalue weighted by atomic mass is 35.5. The van der Waals surface area contributed by atoms with Crippen molar-refractivity contribution in [2.45, 2.75) is 98.4 Å². The number of hydrogen-bond acceptors (Lipinski definition) is 11. The van der Waals surface area contributed by atoms with Crippen molar-refractivity contribution >= 4 is 66.9 Å². The van der Waals surface area contributed by atoms with Gasteiger partial charge >= 0.3 is 12.2 Å². The van der Waals surface area contributed by atoms with Gasteiger partial charge in [0.05, 0.1) is 39.4 Å². The molecule has 6 rings (SSSR count). The van der Waals surface area contributed by atoms with Gasteiger partial charge in [-0.3, -0.25) is 5.32 Å². The van der Waals surface area contributed by atoms with E-state index in [0.29, 0.717) is 47.5 Å². The number of amides is 2. The van der Waals surface area contributed by atoms with Gasteiger partial charge in [-0.1, -0.05) is 31.0 Å². The summed E-state index contributed by atoms with van der Waals surface area (Å²) >= 11 is 8.28. The zero-order valence-corrected chi connectivity index (χ0v) is 31.9. The van der Waals surface area contributed by atoms with Crippen LogP contribution in [0.2, 0.25) is 5.02 Å². The molecular weight excluding hydrogens is 711 g/mol. The molecule has 0 aliphatic carbocycles. The van der Waals surface area contributed by atoms with E-state index in [4.69, 9.17) is 35.8 Å². The fraction of sp³-hybridized carbons (Fsp3) is 0.486. The van der Waals surface area contributed by atoms with Crippen LogP contribution in [0.25, 0.3) is 32.1 Å². The van der Waals surface area contributed by atoms with Crippen molar-refractivity contribution in [2.75, 3.05) is 29.9 Å². The number of thiophene rings is 1. The van der Waals surface area contributed by atoms with E-state index < -0.39 is 29.7 Å². The molecule has 2 amide bonds. The minimum atomic E-state index is -0.792. The van der Waals surface area contributed by atoms with E-state index in [2.05, 4.69) is 23.2 Å². The number of ether oxygens (including phenoxy) is 3. The van der Waals surface area contributed by atoms with E-state index in [1.165, 1.54) is 6.07 Å². The van der Waals surface area contributed by atoms with Gasteiger partial charge in [-0.15, -0.1) is 11.3 Å². The Labute approximate surface area is 310 Å². The lowest BCUT2D eigenvalue weighted by Gasteiger charge is -2.43. The number of rotatable bonds is 6. The van der Waals surface area contributed by atoms with E-state index in [0.717, 1.165) is 35.3 Å². The van der Waals surface area contributed by atoms with E-state index in [1.807, 2.05) is 20.8 Å². The van der Waals surface area contributed by atoms with Crippen LogP contribution in [-0.4, -0.2) is 69.0 Å². The molecule has 0 bridgehead atoms. The first kappa shape index (κ1) is 37.5. The van der Waals surface area contributed by atoms with Crippen LogP contribution >= 0.6 is 22.9 Å². The highest BCUT2D eigenvalue weighted by molar-refractivity contribution is 7.23. The summed E-state index contributed by atoms with van der Waals surface area (Å²) in [6, 6.07) is 4.91. The monoisotopic (exact) mass is 752 g/mol. The van der Waals surface area contributed by atoms with Crippen molar-refractivity contribution in [3.05, 3.63) is 45.5 Å².